The van der Waals surface area contributed by atoms with Crippen LogP contribution in [0.5, 0.6) is 0 Å². The van der Waals surface area contributed by atoms with Gasteiger partial charge in [0, 0.05) is 17.1 Å². The van der Waals surface area contributed by atoms with Crippen molar-refractivity contribution >= 4 is 5.97 Å². The van der Waals surface area contributed by atoms with Crippen molar-refractivity contribution in [1.29, 1.82) is 0 Å². The molecule has 2 N–H and O–H groups in total. The minimum Gasteiger partial charge on any atom is -0.479 e. The smallest absolute Gasteiger partial charge is 0.332 e. The van der Waals surface area contributed by atoms with E-state index in [1.165, 1.54) is 77.0 Å². The van der Waals surface area contributed by atoms with Crippen LogP contribution in [0, 0.1) is 0 Å². The van der Waals surface area contributed by atoms with Gasteiger partial charge in [-0.1, -0.05) is 96.8 Å². The molecule has 22 heavy (non-hydrogen) atoms. The summed E-state index contributed by atoms with van der Waals surface area (Å²) < 4.78 is 0. The van der Waals surface area contributed by atoms with E-state index < -0.39 is 12.1 Å². The van der Waals surface area contributed by atoms with Gasteiger partial charge in [-0.05, 0) is 6.42 Å². The zero-order valence-electron chi connectivity index (χ0n) is 14.3. The Hall–Kier alpha value is -0.0505. The molecular weight excluding hydrogens is 320 g/mol. The Morgan fingerprint density at radius 3 is 1.36 bits per heavy atom. The molecule has 1 atom stereocenters. The Morgan fingerprint density at radius 1 is 0.727 bits per heavy atom. The van der Waals surface area contributed by atoms with Gasteiger partial charge in [0.2, 0.25) is 0 Å². The topological polar surface area (TPSA) is 57.5 Å². The summed E-state index contributed by atoms with van der Waals surface area (Å²) in [6.07, 6.45) is 17.3. The summed E-state index contributed by atoms with van der Waals surface area (Å²) in [4.78, 5) is 10.4. The van der Waals surface area contributed by atoms with Crippen LogP contribution in [0.2, 0.25) is 0 Å². The van der Waals surface area contributed by atoms with Crippen LogP contribution in [-0.4, -0.2) is 22.3 Å². The van der Waals surface area contributed by atoms with E-state index in [0.29, 0.717) is 6.42 Å². The van der Waals surface area contributed by atoms with Crippen molar-refractivity contribution in [1.82, 2.24) is 0 Å². The van der Waals surface area contributed by atoms with Crippen LogP contribution in [-0.2, 0) is 21.9 Å². The summed E-state index contributed by atoms with van der Waals surface area (Å²) in [5, 5.41) is 17.7. The molecule has 0 aromatic carbocycles. The van der Waals surface area contributed by atoms with Crippen molar-refractivity contribution in [2.24, 2.45) is 0 Å². The van der Waals surface area contributed by atoms with E-state index in [-0.39, 0.29) is 17.1 Å². The number of aliphatic hydroxyl groups is 1. The molecule has 0 aliphatic carbocycles. The van der Waals surface area contributed by atoms with E-state index in [2.05, 4.69) is 6.92 Å². The first-order valence-corrected chi connectivity index (χ1v) is 9.09. The molecule has 0 fully saturated rings. The molecular formula is C18H36FeO3. The van der Waals surface area contributed by atoms with Gasteiger partial charge in [0.25, 0.3) is 0 Å². The van der Waals surface area contributed by atoms with Gasteiger partial charge in [0.1, 0.15) is 0 Å². The van der Waals surface area contributed by atoms with Crippen molar-refractivity contribution in [3.63, 3.8) is 0 Å². The average molecular weight is 356 g/mol. The first-order valence-electron chi connectivity index (χ1n) is 9.09. The van der Waals surface area contributed by atoms with Gasteiger partial charge in [0.15, 0.2) is 6.10 Å². The summed E-state index contributed by atoms with van der Waals surface area (Å²) in [5.74, 6) is -1.09. The van der Waals surface area contributed by atoms with Crippen LogP contribution < -0.4 is 0 Å². The number of carboxylic acid groups (broad SMARTS) is 1. The van der Waals surface area contributed by atoms with E-state index in [9.17, 15) is 4.79 Å². The van der Waals surface area contributed by atoms with E-state index in [0.717, 1.165) is 12.8 Å². The number of aliphatic carboxylic acids is 1. The molecule has 0 amide bonds. The number of aliphatic hydroxyl groups excluding tert-OH is 1. The molecule has 0 aromatic rings. The van der Waals surface area contributed by atoms with Gasteiger partial charge in [-0.25, -0.2) is 4.79 Å². The maximum atomic E-state index is 10.4. The van der Waals surface area contributed by atoms with Gasteiger partial charge < -0.3 is 10.2 Å². The van der Waals surface area contributed by atoms with Crippen molar-refractivity contribution in [3.8, 4) is 0 Å². The fourth-order valence-corrected chi connectivity index (χ4v) is 2.66. The average Bonchev–Trinajstić information content (AvgIpc) is 2.47. The number of carboxylic acids is 1. The predicted molar refractivity (Wildman–Crippen MR) is 88.6 cm³/mol. The summed E-state index contributed by atoms with van der Waals surface area (Å²) >= 11 is 0. The minimum atomic E-state index is -1.16. The first-order chi connectivity index (χ1) is 10.2. The fraction of sp³-hybridized carbons (Fsp3) is 0.944. The van der Waals surface area contributed by atoms with Crippen molar-refractivity contribution < 1.29 is 32.1 Å². The van der Waals surface area contributed by atoms with E-state index in [1.54, 1.807) is 0 Å². The van der Waals surface area contributed by atoms with Crippen LogP contribution in [0.1, 0.15) is 103 Å². The van der Waals surface area contributed by atoms with Gasteiger partial charge >= 0.3 is 5.97 Å². The van der Waals surface area contributed by atoms with Gasteiger partial charge in [-0.2, -0.15) is 0 Å². The number of hydrogen-bond acceptors (Lipinski definition) is 2. The molecule has 0 spiro atoms. The van der Waals surface area contributed by atoms with Gasteiger partial charge in [0.05, 0.1) is 0 Å². The maximum absolute atomic E-state index is 10.4. The summed E-state index contributed by atoms with van der Waals surface area (Å²) in [5.41, 5.74) is 0. The predicted octanol–water partition coefficient (Wildman–Crippen LogP) is 5.30. The zero-order valence-corrected chi connectivity index (χ0v) is 15.4. The first kappa shape index (κ1) is 24.2. The third-order valence-electron chi connectivity index (χ3n) is 4.12. The Kier molecular flexibility index (Phi) is 20.9. The van der Waals surface area contributed by atoms with Crippen LogP contribution in [0.3, 0.4) is 0 Å². The molecule has 1 unspecified atom stereocenters. The van der Waals surface area contributed by atoms with Crippen LogP contribution in [0.25, 0.3) is 0 Å². The molecule has 0 heterocycles. The van der Waals surface area contributed by atoms with Gasteiger partial charge in [-0.15, -0.1) is 0 Å². The van der Waals surface area contributed by atoms with Crippen LogP contribution in [0.15, 0.2) is 0 Å². The Bertz CT molecular complexity index is 234. The van der Waals surface area contributed by atoms with Crippen molar-refractivity contribution in [2.45, 2.75) is 109 Å². The third-order valence-corrected chi connectivity index (χ3v) is 4.12. The fourth-order valence-electron chi connectivity index (χ4n) is 2.66. The SMILES string of the molecule is CCCCCCCCCCCCCCCCC(O)C(=O)O.[Fe]. The molecule has 4 heteroatoms. The second-order valence-corrected chi connectivity index (χ2v) is 6.24. The van der Waals surface area contributed by atoms with Crippen LogP contribution in [0.4, 0.5) is 0 Å². The standard InChI is InChI=1S/C18H36O3.Fe/c1-2-3-4-5-6-7-8-9-10-11-12-13-14-15-16-17(19)18(20)21;/h17,19H,2-16H2,1H3,(H,20,21);. The molecule has 3 nitrogen and oxygen atoms in total. The largest absolute Gasteiger partial charge is 0.479 e. The number of hydrogen-bond donors (Lipinski definition) is 2. The normalized spacial score (nSPS) is 11.9. The molecule has 0 saturated heterocycles. The Labute approximate surface area is 147 Å². The monoisotopic (exact) mass is 356 g/mol. The maximum Gasteiger partial charge on any atom is 0.332 e. The molecule has 0 rings (SSSR count). The summed E-state index contributed by atoms with van der Waals surface area (Å²) in [6, 6.07) is 0. The number of carbonyl (C=O) groups is 1. The number of rotatable bonds is 16. The minimum absolute atomic E-state index is 0. The second-order valence-electron chi connectivity index (χ2n) is 6.24. The summed E-state index contributed by atoms with van der Waals surface area (Å²) in [7, 11) is 0. The molecule has 0 aliphatic rings. The summed E-state index contributed by atoms with van der Waals surface area (Å²) in [6.45, 7) is 2.26. The van der Waals surface area contributed by atoms with Crippen molar-refractivity contribution in [3.05, 3.63) is 0 Å². The molecule has 0 aliphatic heterocycles. The Balaban J connectivity index is 0. The van der Waals surface area contributed by atoms with Gasteiger partial charge in [-0.3, -0.25) is 0 Å². The molecule has 134 valence electrons. The third kappa shape index (κ3) is 18.0. The van der Waals surface area contributed by atoms with E-state index in [1.807, 2.05) is 0 Å². The Morgan fingerprint density at radius 2 is 1.05 bits per heavy atom. The zero-order chi connectivity index (χ0) is 15.8. The molecule has 0 radical (unpaired) electrons. The molecule has 0 saturated carbocycles. The van der Waals surface area contributed by atoms with Crippen LogP contribution >= 0.6 is 0 Å². The van der Waals surface area contributed by atoms with Crippen molar-refractivity contribution in [2.75, 3.05) is 0 Å². The number of unbranched alkanes of at least 4 members (excludes halogenated alkanes) is 13. The molecule has 0 bridgehead atoms. The van der Waals surface area contributed by atoms with E-state index in [4.69, 9.17) is 10.2 Å². The molecule has 0 aromatic heterocycles. The second kappa shape index (κ2) is 19.0. The quantitative estimate of drug-likeness (QED) is 0.291. The van der Waals surface area contributed by atoms with E-state index >= 15 is 0 Å².